The zero-order valence-electron chi connectivity index (χ0n) is 11.7. The smallest absolute Gasteiger partial charge is 0.127 e. The second-order valence-electron chi connectivity index (χ2n) is 5.73. The largest absolute Gasteiger partial charge is 0.486 e. The second-order valence-corrected chi connectivity index (χ2v) is 5.73. The summed E-state index contributed by atoms with van der Waals surface area (Å²) in [5.41, 5.74) is 2.54. The summed E-state index contributed by atoms with van der Waals surface area (Å²) in [5, 5.41) is 3.58. The van der Waals surface area contributed by atoms with Crippen LogP contribution in [0.25, 0.3) is 0 Å². The molecule has 0 spiro atoms. The monoisotopic (exact) mass is 257 g/mol. The third-order valence-electron chi connectivity index (χ3n) is 3.93. The van der Waals surface area contributed by atoms with E-state index in [-0.39, 0.29) is 6.10 Å². The molecule has 1 aromatic rings. The van der Waals surface area contributed by atoms with Crippen molar-refractivity contribution in [3.63, 3.8) is 0 Å². The number of allylic oxidation sites excluding steroid dienone is 1. The number of benzene rings is 1. The Balaban J connectivity index is 1.72. The van der Waals surface area contributed by atoms with Crippen molar-refractivity contribution in [1.29, 1.82) is 0 Å². The molecule has 19 heavy (non-hydrogen) atoms. The van der Waals surface area contributed by atoms with E-state index < -0.39 is 0 Å². The summed E-state index contributed by atoms with van der Waals surface area (Å²) in [6.07, 6.45) is 10.9. The van der Waals surface area contributed by atoms with Crippen LogP contribution in [0.1, 0.15) is 43.2 Å². The van der Waals surface area contributed by atoms with Crippen LogP contribution in [0.5, 0.6) is 5.75 Å². The first-order valence-electron chi connectivity index (χ1n) is 7.48. The van der Waals surface area contributed by atoms with Gasteiger partial charge in [-0.2, -0.15) is 0 Å². The van der Waals surface area contributed by atoms with Crippen LogP contribution >= 0.6 is 0 Å². The third kappa shape index (κ3) is 3.38. The maximum atomic E-state index is 6.24. The number of rotatable bonds is 5. The predicted octanol–water partition coefficient (Wildman–Crippen LogP) is 3.73. The maximum Gasteiger partial charge on any atom is 0.127 e. The Morgan fingerprint density at radius 3 is 2.89 bits per heavy atom. The van der Waals surface area contributed by atoms with E-state index in [1.54, 1.807) is 0 Å². The van der Waals surface area contributed by atoms with Gasteiger partial charge in [0, 0.05) is 18.2 Å². The summed E-state index contributed by atoms with van der Waals surface area (Å²) in [4.78, 5) is 0. The number of hydrogen-bond donors (Lipinski definition) is 1. The van der Waals surface area contributed by atoms with Crippen LogP contribution < -0.4 is 10.1 Å². The normalized spacial score (nSPS) is 22.5. The van der Waals surface area contributed by atoms with Crippen LogP contribution in [0.2, 0.25) is 0 Å². The molecule has 0 radical (unpaired) electrons. The van der Waals surface area contributed by atoms with Crippen LogP contribution in [0.15, 0.2) is 30.4 Å². The summed E-state index contributed by atoms with van der Waals surface area (Å²) in [5.74, 6) is 1.09. The number of para-hydroxylation sites is 1. The van der Waals surface area contributed by atoms with Crippen LogP contribution in [-0.4, -0.2) is 12.1 Å². The first-order valence-corrected chi connectivity index (χ1v) is 7.48. The van der Waals surface area contributed by atoms with E-state index in [4.69, 9.17) is 4.74 Å². The lowest BCUT2D eigenvalue weighted by Crippen LogP contribution is -2.20. The average Bonchev–Trinajstić information content (AvgIpc) is 3.25. The van der Waals surface area contributed by atoms with Crippen molar-refractivity contribution in [3.8, 4) is 5.75 Å². The molecule has 0 heterocycles. The van der Waals surface area contributed by atoms with Crippen molar-refractivity contribution in [3.05, 3.63) is 41.5 Å². The van der Waals surface area contributed by atoms with Crippen molar-refractivity contribution >= 4 is 0 Å². The molecule has 1 saturated carbocycles. The lowest BCUT2D eigenvalue weighted by molar-refractivity contribution is 0.226. The predicted molar refractivity (Wildman–Crippen MR) is 78.4 cm³/mol. The van der Waals surface area contributed by atoms with Gasteiger partial charge in [-0.15, -0.1) is 0 Å². The number of ether oxygens (including phenoxy) is 1. The second kappa shape index (κ2) is 5.79. The molecular formula is C17H23NO. The van der Waals surface area contributed by atoms with Gasteiger partial charge in [0.15, 0.2) is 0 Å². The van der Waals surface area contributed by atoms with Crippen LogP contribution in [0.3, 0.4) is 0 Å². The molecule has 1 atom stereocenters. The molecule has 1 N–H and O–H groups in total. The van der Waals surface area contributed by atoms with Gasteiger partial charge in [0.05, 0.1) is 0 Å². The first kappa shape index (κ1) is 12.7. The fraction of sp³-hybridized carbons (Fsp3) is 0.529. The van der Waals surface area contributed by atoms with Crippen molar-refractivity contribution < 1.29 is 4.74 Å². The molecular weight excluding hydrogens is 234 g/mol. The highest BCUT2D eigenvalue weighted by atomic mass is 16.5. The fourth-order valence-electron chi connectivity index (χ4n) is 2.59. The maximum absolute atomic E-state index is 6.24. The molecule has 0 bridgehead atoms. The molecule has 1 aromatic carbocycles. The van der Waals surface area contributed by atoms with Gasteiger partial charge >= 0.3 is 0 Å². The minimum atomic E-state index is 0.259. The van der Waals surface area contributed by atoms with Gasteiger partial charge in [-0.3, -0.25) is 0 Å². The minimum Gasteiger partial charge on any atom is -0.486 e. The van der Waals surface area contributed by atoms with Gasteiger partial charge in [-0.1, -0.05) is 24.3 Å². The highest BCUT2D eigenvalue weighted by Gasteiger charge is 2.21. The molecule has 0 saturated heterocycles. The third-order valence-corrected chi connectivity index (χ3v) is 3.93. The molecule has 0 aromatic heterocycles. The molecule has 102 valence electrons. The molecule has 0 amide bonds. The zero-order chi connectivity index (χ0) is 13.1. The molecule has 2 nitrogen and oxygen atoms in total. The lowest BCUT2D eigenvalue weighted by atomic mass is 10.0. The summed E-state index contributed by atoms with van der Waals surface area (Å²) < 4.78 is 6.24. The Kier molecular flexibility index (Phi) is 3.88. The Morgan fingerprint density at radius 2 is 2.16 bits per heavy atom. The molecule has 3 rings (SSSR count). The van der Waals surface area contributed by atoms with Gasteiger partial charge in [-0.05, 0) is 50.7 Å². The van der Waals surface area contributed by atoms with Crippen molar-refractivity contribution in [2.75, 3.05) is 0 Å². The molecule has 1 fully saturated rings. The lowest BCUT2D eigenvalue weighted by Gasteiger charge is -2.22. The molecule has 1 unspecified atom stereocenters. The van der Waals surface area contributed by atoms with E-state index in [1.807, 2.05) is 0 Å². The molecule has 0 aliphatic heterocycles. The van der Waals surface area contributed by atoms with E-state index in [9.17, 15) is 0 Å². The quantitative estimate of drug-likeness (QED) is 0.811. The van der Waals surface area contributed by atoms with Gasteiger partial charge in [-0.25, -0.2) is 0 Å². The van der Waals surface area contributed by atoms with E-state index in [2.05, 4.69) is 42.6 Å². The zero-order valence-corrected chi connectivity index (χ0v) is 11.7. The highest BCUT2D eigenvalue weighted by molar-refractivity contribution is 5.41. The summed E-state index contributed by atoms with van der Waals surface area (Å²) >= 11 is 0. The Bertz CT molecular complexity index is 462. The fourth-order valence-corrected chi connectivity index (χ4v) is 2.59. The van der Waals surface area contributed by atoms with Crippen LogP contribution in [0, 0.1) is 6.92 Å². The molecule has 2 aliphatic rings. The Labute approximate surface area is 115 Å². The van der Waals surface area contributed by atoms with Gasteiger partial charge in [0.2, 0.25) is 0 Å². The van der Waals surface area contributed by atoms with Crippen molar-refractivity contribution in [1.82, 2.24) is 5.32 Å². The van der Waals surface area contributed by atoms with E-state index in [0.717, 1.165) is 24.8 Å². The van der Waals surface area contributed by atoms with Gasteiger partial charge in [0.1, 0.15) is 11.9 Å². The summed E-state index contributed by atoms with van der Waals surface area (Å²) in [6.45, 7) is 3.07. The van der Waals surface area contributed by atoms with Crippen LogP contribution in [-0.2, 0) is 6.54 Å². The SMILES string of the molecule is Cc1cccc(CNC2CC2)c1OC1C=CCCC1. The van der Waals surface area contributed by atoms with E-state index in [0.29, 0.717) is 0 Å². The summed E-state index contributed by atoms with van der Waals surface area (Å²) in [6, 6.07) is 7.19. The molecule has 2 heteroatoms. The van der Waals surface area contributed by atoms with E-state index >= 15 is 0 Å². The topological polar surface area (TPSA) is 21.3 Å². The number of hydrogen-bond acceptors (Lipinski definition) is 2. The Morgan fingerprint density at radius 1 is 1.26 bits per heavy atom. The standard InChI is InChI=1S/C17H23NO/c1-13-6-5-7-14(12-18-15-10-11-15)17(13)19-16-8-3-2-4-9-16/h3,5-8,15-16,18H,2,4,9-12H2,1H3. The van der Waals surface area contributed by atoms with Crippen LogP contribution in [0.4, 0.5) is 0 Å². The van der Waals surface area contributed by atoms with Crippen molar-refractivity contribution in [2.24, 2.45) is 0 Å². The van der Waals surface area contributed by atoms with E-state index in [1.165, 1.54) is 36.8 Å². The minimum absolute atomic E-state index is 0.259. The highest BCUT2D eigenvalue weighted by Crippen LogP contribution is 2.28. The van der Waals surface area contributed by atoms with Crippen molar-refractivity contribution in [2.45, 2.75) is 57.7 Å². The number of nitrogens with one attached hydrogen (secondary N) is 1. The number of aryl methyl sites for hydroxylation is 1. The average molecular weight is 257 g/mol. The van der Waals surface area contributed by atoms with Gasteiger partial charge in [0.25, 0.3) is 0 Å². The van der Waals surface area contributed by atoms with Gasteiger partial charge < -0.3 is 10.1 Å². The Hall–Kier alpha value is -1.28. The summed E-state index contributed by atoms with van der Waals surface area (Å²) in [7, 11) is 0. The first-order chi connectivity index (χ1) is 9.33. The molecule has 2 aliphatic carbocycles.